The highest BCUT2D eigenvalue weighted by Crippen LogP contribution is 2.39. The SMILES string of the molecule is C#CCN(CC)C(=O)[C@H]1CC(CC)C[C@H]1C(=O)O. The Morgan fingerprint density at radius 1 is 1.33 bits per heavy atom. The molecule has 1 aliphatic carbocycles. The van der Waals surface area contributed by atoms with Gasteiger partial charge in [0.1, 0.15) is 0 Å². The van der Waals surface area contributed by atoms with E-state index in [2.05, 4.69) is 5.92 Å². The summed E-state index contributed by atoms with van der Waals surface area (Å²) in [6.07, 6.45) is 7.44. The largest absolute Gasteiger partial charge is 0.481 e. The molecule has 1 rings (SSSR count). The summed E-state index contributed by atoms with van der Waals surface area (Å²) >= 11 is 0. The highest BCUT2D eigenvalue weighted by molar-refractivity contribution is 5.85. The number of hydrogen-bond acceptors (Lipinski definition) is 2. The molecule has 0 bridgehead atoms. The lowest BCUT2D eigenvalue weighted by molar-refractivity contribution is -0.148. The fraction of sp³-hybridized carbons (Fsp3) is 0.714. The van der Waals surface area contributed by atoms with Crippen LogP contribution in [0.2, 0.25) is 0 Å². The standard InChI is InChI=1S/C14H21NO3/c1-4-7-15(6-3)13(16)11-8-10(5-2)9-12(11)14(17)18/h1,10-12H,5-9H2,2-3H3,(H,17,18)/t10?,11-,12+/m0/s1. The molecule has 3 atom stereocenters. The van der Waals surface area contributed by atoms with Crippen LogP contribution in [0.15, 0.2) is 0 Å². The van der Waals surface area contributed by atoms with Crippen molar-refractivity contribution in [3.8, 4) is 12.3 Å². The van der Waals surface area contributed by atoms with Crippen molar-refractivity contribution in [1.29, 1.82) is 0 Å². The summed E-state index contributed by atoms with van der Waals surface area (Å²) in [5.74, 6) is 0.880. The lowest BCUT2D eigenvalue weighted by atomic mass is 9.94. The average Bonchev–Trinajstić information content (AvgIpc) is 2.79. The van der Waals surface area contributed by atoms with Gasteiger partial charge in [-0.2, -0.15) is 0 Å². The molecule has 0 heterocycles. The van der Waals surface area contributed by atoms with Gasteiger partial charge in [-0.15, -0.1) is 6.42 Å². The maximum atomic E-state index is 12.3. The molecule has 0 aromatic rings. The topological polar surface area (TPSA) is 57.6 Å². The third-order valence-electron chi connectivity index (χ3n) is 3.85. The van der Waals surface area contributed by atoms with E-state index in [4.69, 9.17) is 6.42 Å². The fourth-order valence-electron chi connectivity index (χ4n) is 2.71. The molecule has 1 fully saturated rings. The van der Waals surface area contributed by atoms with Gasteiger partial charge in [0.15, 0.2) is 0 Å². The van der Waals surface area contributed by atoms with Gasteiger partial charge < -0.3 is 10.0 Å². The zero-order valence-corrected chi connectivity index (χ0v) is 11.1. The van der Waals surface area contributed by atoms with Crippen LogP contribution in [0.4, 0.5) is 0 Å². The second-order valence-corrected chi connectivity index (χ2v) is 4.85. The number of carbonyl (C=O) groups is 2. The number of carboxylic acid groups (broad SMARTS) is 1. The molecule has 0 radical (unpaired) electrons. The van der Waals surface area contributed by atoms with Gasteiger partial charge in [0.2, 0.25) is 5.91 Å². The van der Waals surface area contributed by atoms with Gasteiger partial charge in [0.25, 0.3) is 0 Å². The van der Waals surface area contributed by atoms with Gasteiger partial charge in [-0.3, -0.25) is 9.59 Å². The minimum atomic E-state index is -0.860. The monoisotopic (exact) mass is 251 g/mol. The van der Waals surface area contributed by atoms with E-state index in [-0.39, 0.29) is 12.5 Å². The summed E-state index contributed by atoms with van der Waals surface area (Å²) in [6, 6.07) is 0. The number of amides is 1. The van der Waals surface area contributed by atoms with Crippen LogP contribution in [0.1, 0.15) is 33.1 Å². The van der Waals surface area contributed by atoms with Crippen LogP contribution >= 0.6 is 0 Å². The first-order chi connectivity index (χ1) is 8.54. The van der Waals surface area contributed by atoms with Gasteiger partial charge in [-0.1, -0.05) is 19.3 Å². The zero-order valence-electron chi connectivity index (χ0n) is 11.1. The number of terminal acetylenes is 1. The number of rotatable bonds is 5. The van der Waals surface area contributed by atoms with Gasteiger partial charge in [0, 0.05) is 6.54 Å². The highest BCUT2D eigenvalue weighted by atomic mass is 16.4. The fourth-order valence-corrected chi connectivity index (χ4v) is 2.71. The number of hydrogen-bond donors (Lipinski definition) is 1. The van der Waals surface area contributed by atoms with Crippen LogP contribution in [0.3, 0.4) is 0 Å². The maximum absolute atomic E-state index is 12.3. The van der Waals surface area contributed by atoms with Gasteiger partial charge in [-0.05, 0) is 25.7 Å². The molecule has 0 aromatic heterocycles. The second kappa shape index (κ2) is 6.44. The summed E-state index contributed by atoms with van der Waals surface area (Å²) in [5, 5.41) is 9.22. The van der Waals surface area contributed by atoms with Crippen molar-refractivity contribution in [2.45, 2.75) is 33.1 Å². The molecule has 1 aliphatic rings. The van der Waals surface area contributed by atoms with E-state index in [1.165, 1.54) is 0 Å². The molecule has 4 nitrogen and oxygen atoms in total. The smallest absolute Gasteiger partial charge is 0.307 e. The van der Waals surface area contributed by atoms with Crippen molar-refractivity contribution in [1.82, 2.24) is 4.90 Å². The molecular weight excluding hydrogens is 230 g/mol. The van der Waals surface area contributed by atoms with Crippen LogP contribution < -0.4 is 0 Å². The van der Waals surface area contributed by atoms with E-state index in [9.17, 15) is 14.7 Å². The summed E-state index contributed by atoms with van der Waals surface area (Å²) in [5.41, 5.74) is 0. The highest BCUT2D eigenvalue weighted by Gasteiger charge is 2.43. The first kappa shape index (κ1) is 14.6. The van der Waals surface area contributed by atoms with E-state index < -0.39 is 17.8 Å². The first-order valence-corrected chi connectivity index (χ1v) is 6.50. The molecule has 0 saturated heterocycles. The van der Waals surface area contributed by atoms with Crippen LogP contribution in [-0.4, -0.2) is 35.0 Å². The number of carbonyl (C=O) groups excluding carboxylic acids is 1. The molecule has 0 aromatic carbocycles. The Morgan fingerprint density at radius 2 is 1.94 bits per heavy atom. The Hall–Kier alpha value is -1.50. The number of aliphatic carboxylic acids is 1. The summed E-state index contributed by atoms with van der Waals surface area (Å²) in [4.78, 5) is 25.1. The third-order valence-corrected chi connectivity index (χ3v) is 3.85. The van der Waals surface area contributed by atoms with Crippen molar-refractivity contribution in [3.63, 3.8) is 0 Å². The molecular formula is C14H21NO3. The van der Waals surface area contributed by atoms with E-state index in [0.717, 1.165) is 6.42 Å². The van der Waals surface area contributed by atoms with E-state index in [1.807, 2.05) is 13.8 Å². The lowest BCUT2D eigenvalue weighted by Gasteiger charge is -2.24. The quantitative estimate of drug-likeness (QED) is 0.755. The van der Waals surface area contributed by atoms with Gasteiger partial charge in [-0.25, -0.2) is 0 Å². The van der Waals surface area contributed by atoms with Crippen LogP contribution in [0.25, 0.3) is 0 Å². The molecule has 0 spiro atoms. The van der Waals surface area contributed by atoms with Crippen molar-refractivity contribution in [2.24, 2.45) is 17.8 Å². The predicted molar refractivity (Wildman–Crippen MR) is 68.7 cm³/mol. The Kier molecular flexibility index (Phi) is 5.21. The molecule has 18 heavy (non-hydrogen) atoms. The maximum Gasteiger partial charge on any atom is 0.307 e. The van der Waals surface area contributed by atoms with Gasteiger partial charge >= 0.3 is 5.97 Å². The molecule has 1 N–H and O–H groups in total. The molecule has 100 valence electrons. The number of carboxylic acids is 1. The molecule has 1 unspecified atom stereocenters. The average molecular weight is 251 g/mol. The van der Waals surface area contributed by atoms with E-state index >= 15 is 0 Å². The molecule has 1 saturated carbocycles. The van der Waals surface area contributed by atoms with Crippen LogP contribution in [0.5, 0.6) is 0 Å². The van der Waals surface area contributed by atoms with E-state index in [0.29, 0.717) is 25.3 Å². The minimum absolute atomic E-state index is 0.0983. The van der Waals surface area contributed by atoms with Crippen molar-refractivity contribution >= 4 is 11.9 Å². The first-order valence-electron chi connectivity index (χ1n) is 6.50. The number of nitrogens with zero attached hydrogens (tertiary/aromatic N) is 1. The Bertz CT molecular complexity index is 359. The molecule has 4 heteroatoms. The van der Waals surface area contributed by atoms with Crippen LogP contribution in [0, 0.1) is 30.1 Å². The Morgan fingerprint density at radius 3 is 2.39 bits per heavy atom. The van der Waals surface area contributed by atoms with Crippen molar-refractivity contribution < 1.29 is 14.7 Å². The summed E-state index contributed by atoms with van der Waals surface area (Å²) in [6.45, 7) is 4.68. The third kappa shape index (κ3) is 3.04. The summed E-state index contributed by atoms with van der Waals surface area (Å²) in [7, 11) is 0. The Balaban J connectivity index is 2.82. The van der Waals surface area contributed by atoms with Crippen molar-refractivity contribution in [3.05, 3.63) is 0 Å². The lowest BCUT2D eigenvalue weighted by Crippen LogP contribution is -2.39. The van der Waals surface area contributed by atoms with Gasteiger partial charge in [0.05, 0.1) is 18.4 Å². The summed E-state index contributed by atoms with van der Waals surface area (Å²) < 4.78 is 0. The van der Waals surface area contributed by atoms with Crippen LogP contribution in [-0.2, 0) is 9.59 Å². The minimum Gasteiger partial charge on any atom is -0.481 e. The molecule has 0 aliphatic heterocycles. The normalized spacial score (nSPS) is 26.6. The molecule has 1 amide bonds. The zero-order chi connectivity index (χ0) is 13.7. The predicted octanol–water partition coefficient (Wildman–Crippen LogP) is 1.61. The second-order valence-electron chi connectivity index (χ2n) is 4.85. The van der Waals surface area contributed by atoms with Crippen molar-refractivity contribution in [2.75, 3.05) is 13.1 Å². The van der Waals surface area contributed by atoms with E-state index in [1.54, 1.807) is 4.90 Å². The Labute approximate surface area is 108 Å².